The highest BCUT2D eigenvalue weighted by molar-refractivity contribution is 6.30. The highest BCUT2D eigenvalue weighted by Crippen LogP contribution is 2.23. The van der Waals surface area contributed by atoms with Crippen LogP contribution in [-0.4, -0.2) is 62.1 Å². The number of nitrogens with one attached hydrogen (secondary N) is 1. The van der Waals surface area contributed by atoms with E-state index in [-0.39, 0.29) is 17.9 Å². The summed E-state index contributed by atoms with van der Waals surface area (Å²) in [5.41, 5.74) is 6.24. The van der Waals surface area contributed by atoms with E-state index in [1.54, 1.807) is 37.3 Å². The number of hydrogen-bond donors (Lipinski definition) is 2. The first-order valence-electron chi connectivity index (χ1n) is 8.73. The number of carbonyl (C=O) groups excluding carboxylic acids is 2. The van der Waals surface area contributed by atoms with Gasteiger partial charge in [0.2, 0.25) is 5.91 Å². The highest BCUT2D eigenvalue weighted by atomic mass is 35.5. The van der Waals surface area contributed by atoms with Crippen molar-refractivity contribution in [2.75, 3.05) is 40.3 Å². The number of nitrogens with two attached hydrogens (primary N) is 1. The first-order chi connectivity index (χ1) is 12.4. The maximum atomic E-state index is 12.3. The number of nitrogens with zero attached hydrogens (tertiary/aromatic N) is 2. The van der Waals surface area contributed by atoms with Gasteiger partial charge in [0, 0.05) is 37.3 Å². The van der Waals surface area contributed by atoms with Crippen LogP contribution in [0, 0.1) is 5.92 Å². The van der Waals surface area contributed by atoms with Gasteiger partial charge in [-0.05, 0) is 37.6 Å². The van der Waals surface area contributed by atoms with Crippen molar-refractivity contribution in [3.63, 3.8) is 0 Å². The van der Waals surface area contributed by atoms with Gasteiger partial charge in [-0.1, -0.05) is 11.6 Å². The molecular weight excluding hydrogens is 356 g/mol. The van der Waals surface area contributed by atoms with Crippen LogP contribution < -0.4 is 15.8 Å². The SMILES string of the molecule is COc1ccc(Cl)cc1CN(C)C(=O)NCCN1CCC[C@H](C(N)=O)C1. The second kappa shape index (κ2) is 9.64. The fourth-order valence-corrected chi connectivity index (χ4v) is 3.34. The molecule has 1 heterocycles. The van der Waals surface area contributed by atoms with E-state index in [0.29, 0.717) is 37.0 Å². The molecular formula is C18H27ClN4O3. The van der Waals surface area contributed by atoms with Crippen LogP contribution in [-0.2, 0) is 11.3 Å². The number of halogens is 1. The molecule has 1 atom stereocenters. The van der Waals surface area contributed by atoms with Gasteiger partial charge in [0.15, 0.2) is 0 Å². The lowest BCUT2D eigenvalue weighted by molar-refractivity contribution is -0.123. The average molecular weight is 383 g/mol. The Kier molecular flexibility index (Phi) is 7.53. The van der Waals surface area contributed by atoms with Crippen molar-refractivity contribution in [1.29, 1.82) is 0 Å². The number of carbonyl (C=O) groups is 2. The molecule has 0 aliphatic carbocycles. The van der Waals surface area contributed by atoms with Crippen LogP contribution in [0.5, 0.6) is 5.75 Å². The summed E-state index contributed by atoms with van der Waals surface area (Å²) >= 11 is 6.03. The van der Waals surface area contributed by atoms with Crippen molar-refractivity contribution in [3.05, 3.63) is 28.8 Å². The maximum absolute atomic E-state index is 12.3. The largest absolute Gasteiger partial charge is 0.496 e. The number of piperidine rings is 1. The Balaban J connectivity index is 1.79. The fraction of sp³-hybridized carbons (Fsp3) is 0.556. The number of urea groups is 1. The average Bonchev–Trinajstić information content (AvgIpc) is 2.62. The summed E-state index contributed by atoms with van der Waals surface area (Å²) in [4.78, 5) is 27.4. The van der Waals surface area contributed by atoms with Crippen LogP contribution >= 0.6 is 11.6 Å². The van der Waals surface area contributed by atoms with Gasteiger partial charge in [-0.2, -0.15) is 0 Å². The fourth-order valence-electron chi connectivity index (χ4n) is 3.14. The van der Waals surface area contributed by atoms with Crippen LogP contribution in [0.4, 0.5) is 4.79 Å². The second-order valence-electron chi connectivity index (χ2n) is 6.59. The highest BCUT2D eigenvalue weighted by Gasteiger charge is 2.23. The summed E-state index contributed by atoms with van der Waals surface area (Å²) in [5.74, 6) is 0.367. The lowest BCUT2D eigenvalue weighted by Gasteiger charge is -2.31. The summed E-state index contributed by atoms with van der Waals surface area (Å²) in [5, 5.41) is 3.50. The molecule has 1 aromatic rings. The zero-order valence-electron chi connectivity index (χ0n) is 15.3. The van der Waals surface area contributed by atoms with Crippen molar-refractivity contribution >= 4 is 23.5 Å². The van der Waals surface area contributed by atoms with E-state index in [1.165, 1.54) is 0 Å². The Morgan fingerprint density at radius 3 is 2.92 bits per heavy atom. The van der Waals surface area contributed by atoms with E-state index in [0.717, 1.165) is 24.9 Å². The molecule has 1 saturated heterocycles. The Morgan fingerprint density at radius 1 is 1.46 bits per heavy atom. The minimum absolute atomic E-state index is 0.0857. The third-order valence-electron chi connectivity index (χ3n) is 4.61. The van der Waals surface area contributed by atoms with Crippen molar-refractivity contribution in [1.82, 2.24) is 15.1 Å². The molecule has 1 aromatic carbocycles. The van der Waals surface area contributed by atoms with Crippen LogP contribution in [0.15, 0.2) is 18.2 Å². The first kappa shape index (κ1) is 20.3. The molecule has 26 heavy (non-hydrogen) atoms. The van der Waals surface area contributed by atoms with Gasteiger partial charge in [-0.3, -0.25) is 4.79 Å². The molecule has 1 aliphatic heterocycles. The zero-order chi connectivity index (χ0) is 19.1. The Labute approximate surface area is 159 Å². The number of benzene rings is 1. The smallest absolute Gasteiger partial charge is 0.317 e. The quantitative estimate of drug-likeness (QED) is 0.751. The van der Waals surface area contributed by atoms with Gasteiger partial charge >= 0.3 is 6.03 Å². The first-order valence-corrected chi connectivity index (χ1v) is 9.11. The molecule has 0 saturated carbocycles. The van der Waals surface area contributed by atoms with Crippen LogP contribution in [0.3, 0.4) is 0 Å². The lowest BCUT2D eigenvalue weighted by Crippen LogP contribution is -2.45. The molecule has 8 heteroatoms. The van der Waals surface area contributed by atoms with E-state index in [1.807, 2.05) is 0 Å². The van der Waals surface area contributed by atoms with E-state index >= 15 is 0 Å². The summed E-state index contributed by atoms with van der Waals surface area (Å²) in [7, 11) is 3.31. The van der Waals surface area contributed by atoms with Crippen LogP contribution in [0.2, 0.25) is 5.02 Å². The molecule has 3 N–H and O–H groups in total. The molecule has 0 bridgehead atoms. The molecule has 0 radical (unpaired) electrons. The normalized spacial score (nSPS) is 17.6. The monoisotopic (exact) mass is 382 g/mol. The Morgan fingerprint density at radius 2 is 2.23 bits per heavy atom. The summed E-state index contributed by atoms with van der Waals surface area (Å²) in [6, 6.07) is 5.16. The van der Waals surface area contributed by atoms with Gasteiger partial charge in [-0.15, -0.1) is 0 Å². The third-order valence-corrected chi connectivity index (χ3v) is 4.84. The van der Waals surface area contributed by atoms with Gasteiger partial charge in [0.05, 0.1) is 19.6 Å². The third kappa shape index (κ3) is 5.78. The van der Waals surface area contributed by atoms with Crippen LogP contribution in [0.25, 0.3) is 0 Å². The van der Waals surface area contributed by atoms with E-state index in [9.17, 15) is 9.59 Å². The predicted octanol–water partition coefficient (Wildman–Crippen LogP) is 1.69. The second-order valence-corrected chi connectivity index (χ2v) is 7.02. The summed E-state index contributed by atoms with van der Waals surface area (Å²) in [6.45, 7) is 3.20. The van der Waals surface area contributed by atoms with Gasteiger partial charge in [0.25, 0.3) is 0 Å². The molecule has 0 spiro atoms. The molecule has 3 amide bonds. The maximum Gasteiger partial charge on any atom is 0.317 e. The van der Waals surface area contributed by atoms with Crippen molar-refractivity contribution < 1.29 is 14.3 Å². The topological polar surface area (TPSA) is 87.9 Å². The van der Waals surface area contributed by atoms with Gasteiger partial charge in [-0.25, -0.2) is 4.79 Å². The summed E-state index contributed by atoms with van der Waals surface area (Å²) in [6.07, 6.45) is 1.80. The van der Waals surface area contributed by atoms with Crippen molar-refractivity contribution in [2.24, 2.45) is 11.7 Å². The number of amides is 3. The van der Waals surface area contributed by atoms with Gasteiger partial charge < -0.3 is 25.6 Å². The molecule has 144 valence electrons. The zero-order valence-corrected chi connectivity index (χ0v) is 16.1. The van der Waals surface area contributed by atoms with E-state index in [2.05, 4.69) is 10.2 Å². The Hall–Kier alpha value is -1.99. The molecule has 0 aromatic heterocycles. The minimum atomic E-state index is -0.242. The standard InChI is InChI=1S/C18H27ClN4O3/c1-22(11-14-10-15(19)5-6-16(14)26-2)18(25)21-7-9-23-8-3-4-13(12-23)17(20)24/h5-6,10,13H,3-4,7-9,11-12H2,1-2H3,(H2,20,24)(H,21,25)/t13-/m0/s1. The van der Waals surface area contributed by atoms with Gasteiger partial charge in [0.1, 0.15) is 5.75 Å². The van der Waals surface area contributed by atoms with E-state index in [4.69, 9.17) is 22.1 Å². The van der Waals surface area contributed by atoms with E-state index < -0.39 is 0 Å². The lowest BCUT2D eigenvalue weighted by atomic mass is 9.97. The molecule has 0 unspecified atom stereocenters. The molecule has 7 nitrogen and oxygen atoms in total. The number of primary amides is 1. The Bertz CT molecular complexity index is 641. The van der Waals surface area contributed by atoms with Crippen LogP contribution in [0.1, 0.15) is 18.4 Å². The van der Waals surface area contributed by atoms with Crippen molar-refractivity contribution in [3.8, 4) is 5.75 Å². The molecule has 1 fully saturated rings. The number of likely N-dealkylation sites (tertiary alicyclic amines) is 1. The number of methoxy groups -OCH3 is 1. The number of hydrogen-bond acceptors (Lipinski definition) is 4. The molecule has 1 aliphatic rings. The minimum Gasteiger partial charge on any atom is -0.496 e. The summed E-state index contributed by atoms with van der Waals surface area (Å²) < 4.78 is 5.31. The number of ether oxygens (including phenoxy) is 1. The molecule has 2 rings (SSSR count). The predicted molar refractivity (Wildman–Crippen MR) is 101 cm³/mol. The van der Waals surface area contributed by atoms with Crippen molar-refractivity contribution in [2.45, 2.75) is 19.4 Å². The number of rotatable bonds is 7.